The molecule has 148 valence electrons. The standard InChI is InChI=1S/C21H20N4O4/c1-12(26)13-4-6-15(7-5-13)23-21(29)24-8-9-25-17(11-24)18(20(27)28)16(10-22)19(25)14-2-3-14/h4-7,14H,2-3,8-9,11H2,1H3,(H,23,29)(H,27,28). The molecule has 8 heteroatoms. The maximum absolute atomic E-state index is 12.7. The van der Waals surface area contributed by atoms with Gasteiger partial charge in [-0.3, -0.25) is 4.79 Å². The highest BCUT2D eigenvalue weighted by molar-refractivity contribution is 5.96. The summed E-state index contributed by atoms with van der Waals surface area (Å²) in [6.45, 7) is 2.48. The molecular formula is C21H20N4O4. The van der Waals surface area contributed by atoms with Gasteiger partial charge in [0, 0.05) is 36.0 Å². The molecule has 1 aromatic heterocycles. The van der Waals surface area contributed by atoms with Crippen LogP contribution in [0.15, 0.2) is 24.3 Å². The number of carbonyl (C=O) groups excluding carboxylic acids is 2. The first kappa shape index (κ1) is 18.7. The van der Waals surface area contributed by atoms with E-state index in [1.807, 2.05) is 4.57 Å². The lowest BCUT2D eigenvalue weighted by Gasteiger charge is -2.30. The molecule has 8 nitrogen and oxygen atoms in total. The molecule has 2 aliphatic rings. The summed E-state index contributed by atoms with van der Waals surface area (Å²) >= 11 is 0. The van der Waals surface area contributed by atoms with Crippen molar-refractivity contribution in [3.8, 4) is 6.07 Å². The van der Waals surface area contributed by atoms with Crippen molar-refractivity contribution in [2.24, 2.45) is 0 Å². The topological polar surface area (TPSA) is 115 Å². The predicted molar refractivity (Wildman–Crippen MR) is 104 cm³/mol. The van der Waals surface area contributed by atoms with Crippen LogP contribution in [0.4, 0.5) is 10.5 Å². The van der Waals surface area contributed by atoms with Crippen molar-refractivity contribution in [3.05, 3.63) is 52.3 Å². The number of hydrogen-bond donors (Lipinski definition) is 2. The zero-order valence-electron chi connectivity index (χ0n) is 15.9. The Kier molecular flexibility index (Phi) is 4.59. The lowest BCUT2D eigenvalue weighted by atomic mass is 10.1. The smallest absolute Gasteiger partial charge is 0.338 e. The number of ketones is 1. The summed E-state index contributed by atoms with van der Waals surface area (Å²) in [5.74, 6) is -0.962. The van der Waals surface area contributed by atoms with E-state index in [4.69, 9.17) is 0 Å². The van der Waals surface area contributed by atoms with E-state index >= 15 is 0 Å². The molecule has 1 aromatic carbocycles. The number of hydrogen-bond acceptors (Lipinski definition) is 4. The highest BCUT2D eigenvalue weighted by atomic mass is 16.4. The molecular weight excluding hydrogens is 372 g/mol. The number of aromatic carboxylic acids is 1. The molecule has 0 atom stereocenters. The summed E-state index contributed by atoms with van der Waals surface area (Å²) in [7, 11) is 0. The van der Waals surface area contributed by atoms with Crippen molar-refractivity contribution in [1.82, 2.24) is 9.47 Å². The number of carbonyl (C=O) groups is 3. The van der Waals surface area contributed by atoms with E-state index in [1.165, 1.54) is 6.92 Å². The maximum atomic E-state index is 12.7. The van der Waals surface area contributed by atoms with Gasteiger partial charge in [-0.25, -0.2) is 9.59 Å². The van der Waals surface area contributed by atoms with Crippen LogP contribution in [-0.4, -0.2) is 38.9 Å². The maximum Gasteiger partial charge on any atom is 0.338 e. The molecule has 1 aliphatic carbocycles. The van der Waals surface area contributed by atoms with Gasteiger partial charge >= 0.3 is 12.0 Å². The molecule has 1 saturated carbocycles. The fourth-order valence-corrected chi connectivity index (χ4v) is 3.88. The number of benzene rings is 1. The highest BCUT2D eigenvalue weighted by Crippen LogP contribution is 2.44. The van der Waals surface area contributed by atoms with Crippen LogP contribution in [0.2, 0.25) is 0 Å². The van der Waals surface area contributed by atoms with E-state index in [-0.39, 0.29) is 35.4 Å². The van der Waals surface area contributed by atoms with Gasteiger partial charge in [-0.05, 0) is 44.0 Å². The molecule has 0 unspecified atom stereocenters. The summed E-state index contributed by atoms with van der Waals surface area (Å²) < 4.78 is 1.92. The Morgan fingerprint density at radius 2 is 1.86 bits per heavy atom. The molecule has 2 heterocycles. The molecule has 0 bridgehead atoms. The number of anilines is 1. The molecule has 0 saturated heterocycles. The predicted octanol–water partition coefficient (Wildman–Crippen LogP) is 3.19. The normalized spacial score (nSPS) is 15.4. The molecule has 2 N–H and O–H groups in total. The van der Waals surface area contributed by atoms with E-state index in [2.05, 4.69) is 11.4 Å². The minimum atomic E-state index is -1.14. The Labute approximate surface area is 167 Å². The number of fused-ring (bicyclic) bond motifs is 1. The van der Waals surface area contributed by atoms with Gasteiger partial charge in [-0.2, -0.15) is 5.26 Å². The van der Waals surface area contributed by atoms with Crippen LogP contribution in [0.3, 0.4) is 0 Å². The third-order valence-electron chi connectivity index (χ3n) is 5.47. The van der Waals surface area contributed by atoms with Crippen molar-refractivity contribution < 1.29 is 19.5 Å². The van der Waals surface area contributed by atoms with Gasteiger partial charge in [-0.15, -0.1) is 0 Å². The summed E-state index contributed by atoms with van der Waals surface area (Å²) in [5, 5.41) is 22.0. The number of aromatic nitrogens is 1. The van der Waals surface area contributed by atoms with Crippen LogP contribution in [0.5, 0.6) is 0 Å². The second-order valence-electron chi connectivity index (χ2n) is 7.41. The summed E-state index contributed by atoms with van der Waals surface area (Å²) in [6, 6.07) is 8.32. The number of Topliss-reactive ketones (excluding diaryl/α,β-unsaturated/α-hetero) is 1. The van der Waals surface area contributed by atoms with Crippen molar-refractivity contribution in [2.45, 2.75) is 38.8 Å². The van der Waals surface area contributed by atoms with Gasteiger partial charge < -0.3 is 19.9 Å². The lowest BCUT2D eigenvalue weighted by Crippen LogP contribution is -2.41. The van der Waals surface area contributed by atoms with Gasteiger partial charge in [0.25, 0.3) is 0 Å². The van der Waals surface area contributed by atoms with Crippen LogP contribution in [0.1, 0.15) is 63.4 Å². The van der Waals surface area contributed by atoms with E-state index in [0.717, 1.165) is 18.5 Å². The van der Waals surface area contributed by atoms with Crippen LogP contribution in [-0.2, 0) is 13.1 Å². The number of amides is 2. The molecule has 1 aliphatic heterocycles. The first-order chi connectivity index (χ1) is 13.9. The summed E-state index contributed by atoms with van der Waals surface area (Å²) in [4.78, 5) is 37.5. The molecule has 0 spiro atoms. The quantitative estimate of drug-likeness (QED) is 0.776. The van der Waals surface area contributed by atoms with E-state index < -0.39 is 5.97 Å². The van der Waals surface area contributed by atoms with Crippen LogP contribution in [0, 0.1) is 11.3 Å². The Hall–Kier alpha value is -3.60. The summed E-state index contributed by atoms with van der Waals surface area (Å²) in [6.07, 6.45) is 1.91. The Bertz CT molecular complexity index is 1060. The first-order valence-corrected chi connectivity index (χ1v) is 9.46. The van der Waals surface area contributed by atoms with Crippen molar-refractivity contribution in [1.29, 1.82) is 5.26 Å². The van der Waals surface area contributed by atoms with E-state index in [9.17, 15) is 24.8 Å². The number of nitriles is 1. The van der Waals surface area contributed by atoms with Gasteiger partial charge in [0.2, 0.25) is 0 Å². The fraction of sp³-hybridized carbons (Fsp3) is 0.333. The molecule has 29 heavy (non-hydrogen) atoms. The number of carboxylic acids is 1. The number of nitrogens with one attached hydrogen (secondary N) is 1. The van der Waals surface area contributed by atoms with Gasteiger partial charge in [0.05, 0.1) is 17.8 Å². The Morgan fingerprint density at radius 1 is 1.17 bits per heavy atom. The van der Waals surface area contributed by atoms with Crippen molar-refractivity contribution in [2.75, 3.05) is 11.9 Å². The molecule has 2 aromatic rings. The summed E-state index contributed by atoms with van der Waals surface area (Å²) in [5.41, 5.74) is 2.66. The van der Waals surface area contributed by atoms with Gasteiger partial charge in [0.1, 0.15) is 11.6 Å². The van der Waals surface area contributed by atoms with Gasteiger partial charge in [-0.1, -0.05) is 0 Å². The third kappa shape index (κ3) is 3.36. The van der Waals surface area contributed by atoms with Crippen LogP contribution >= 0.6 is 0 Å². The van der Waals surface area contributed by atoms with Crippen LogP contribution < -0.4 is 5.32 Å². The number of rotatable bonds is 4. The van der Waals surface area contributed by atoms with E-state index in [0.29, 0.717) is 30.0 Å². The first-order valence-electron chi connectivity index (χ1n) is 9.46. The largest absolute Gasteiger partial charge is 0.478 e. The number of carboxylic acid groups (broad SMARTS) is 1. The lowest BCUT2D eigenvalue weighted by molar-refractivity contribution is 0.0692. The van der Waals surface area contributed by atoms with Crippen molar-refractivity contribution in [3.63, 3.8) is 0 Å². The third-order valence-corrected chi connectivity index (χ3v) is 5.47. The highest BCUT2D eigenvalue weighted by Gasteiger charge is 2.38. The Morgan fingerprint density at radius 3 is 2.41 bits per heavy atom. The van der Waals surface area contributed by atoms with Gasteiger partial charge in [0.15, 0.2) is 5.78 Å². The zero-order valence-corrected chi connectivity index (χ0v) is 15.9. The molecule has 4 rings (SSSR count). The van der Waals surface area contributed by atoms with E-state index in [1.54, 1.807) is 29.2 Å². The Balaban J connectivity index is 1.58. The average Bonchev–Trinajstić information content (AvgIpc) is 3.48. The second kappa shape index (κ2) is 7.09. The molecule has 0 radical (unpaired) electrons. The van der Waals surface area contributed by atoms with Crippen molar-refractivity contribution >= 4 is 23.5 Å². The minimum absolute atomic E-state index is 0.0118. The fourth-order valence-electron chi connectivity index (χ4n) is 3.88. The molecule has 2 amide bonds. The molecule has 1 fully saturated rings. The minimum Gasteiger partial charge on any atom is -0.478 e. The monoisotopic (exact) mass is 392 g/mol. The average molecular weight is 392 g/mol. The zero-order chi connectivity index (χ0) is 20.7. The number of nitrogens with zero attached hydrogens (tertiary/aromatic N) is 3. The number of urea groups is 1. The second-order valence-corrected chi connectivity index (χ2v) is 7.41. The SMILES string of the molecule is CC(=O)c1ccc(NC(=O)N2CCn3c(c(C(=O)O)c(C#N)c3C3CC3)C2)cc1. The van der Waals surface area contributed by atoms with Crippen LogP contribution in [0.25, 0.3) is 0 Å².